The number of nitrogen functional groups attached to an aromatic ring is 1. The normalized spacial score (nSPS) is 28.9. The summed E-state index contributed by atoms with van der Waals surface area (Å²) < 4.78 is 4.02. The Kier molecular flexibility index (Phi) is 8.97. The number of carbonyl (C=O) groups excluding carboxylic acids is 4. The largest absolute Gasteiger partial charge is 1.00 e. The van der Waals surface area contributed by atoms with E-state index in [0.29, 0.717) is 25.7 Å². The van der Waals surface area contributed by atoms with E-state index in [2.05, 4.69) is 15.5 Å². The van der Waals surface area contributed by atoms with E-state index in [1.165, 1.54) is 23.8 Å². The molecule has 0 spiro atoms. The van der Waals surface area contributed by atoms with E-state index in [4.69, 9.17) is 15.3 Å². The number of carbonyl (C=O) groups is 4. The van der Waals surface area contributed by atoms with Crippen molar-refractivity contribution in [1.29, 1.82) is 0 Å². The number of fused-ring (bicyclic) bond motifs is 1. The van der Waals surface area contributed by atoms with Gasteiger partial charge in [-0.15, -0.1) is 23.1 Å². The summed E-state index contributed by atoms with van der Waals surface area (Å²) in [5.41, 5.74) is 5.78. The van der Waals surface area contributed by atoms with Crippen molar-refractivity contribution in [1.82, 2.24) is 15.2 Å². The standard InChI is InChI=1S/C21H27N5O7S2.Na/c1-21(2)14(18(29)30)26-16(28)13(17(26)35-21)24-15(27)12(11-8-34-20(22)23-11)25-33-10-6-4-9(5-7-10)19(31)32-3;/h8-10,13-14,17H,4-7H2,1-3H3,(H2,22,23)(H,24,27)(H,29,30);/q;+1/p-1/b25-12-;/t9?,10?,13-,14-,17+;/m0./s1. The molecule has 3 heterocycles. The summed E-state index contributed by atoms with van der Waals surface area (Å²) in [6, 6.07) is -2.01. The van der Waals surface area contributed by atoms with Crippen LogP contribution in [-0.2, 0) is 28.8 Å². The van der Waals surface area contributed by atoms with Crippen LogP contribution in [0.1, 0.15) is 45.2 Å². The molecular formula is C21H26N5NaO7S2. The Balaban J connectivity index is 0.00000361. The Morgan fingerprint density at radius 3 is 2.50 bits per heavy atom. The van der Waals surface area contributed by atoms with Gasteiger partial charge < -0.3 is 35.4 Å². The van der Waals surface area contributed by atoms with E-state index >= 15 is 0 Å². The zero-order valence-corrected chi connectivity index (χ0v) is 24.0. The number of amides is 2. The van der Waals surface area contributed by atoms with Gasteiger partial charge in [-0.2, -0.15) is 0 Å². The van der Waals surface area contributed by atoms with Crippen LogP contribution in [0, 0.1) is 5.92 Å². The molecule has 2 saturated heterocycles. The van der Waals surface area contributed by atoms with Crippen LogP contribution in [0.3, 0.4) is 0 Å². The number of hydrogen-bond donors (Lipinski definition) is 2. The fourth-order valence-corrected chi connectivity index (χ4v) is 6.80. The van der Waals surface area contributed by atoms with Crippen LogP contribution < -0.4 is 45.7 Å². The Morgan fingerprint density at radius 2 is 1.94 bits per heavy atom. The molecule has 190 valence electrons. The number of carboxylic acid groups (broad SMARTS) is 1. The van der Waals surface area contributed by atoms with Gasteiger partial charge in [-0.05, 0) is 39.5 Å². The molecule has 0 aromatic carbocycles. The minimum atomic E-state index is -1.33. The molecule has 12 nitrogen and oxygen atoms in total. The number of esters is 1. The molecule has 2 amide bonds. The summed E-state index contributed by atoms with van der Waals surface area (Å²) in [5, 5.41) is 19.6. The average Bonchev–Trinajstić information content (AvgIpc) is 3.35. The fourth-order valence-electron chi connectivity index (χ4n) is 4.63. The molecule has 0 unspecified atom stereocenters. The second-order valence-corrected chi connectivity index (χ2v) is 11.8. The van der Waals surface area contributed by atoms with Crippen molar-refractivity contribution >= 4 is 57.7 Å². The van der Waals surface area contributed by atoms with Crippen molar-refractivity contribution in [2.45, 2.75) is 67.8 Å². The minimum absolute atomic E-state index is 0. The van der Waals surface area contributed by atoms with Crippen LogP contribution in [0.25, 0.3) is 0 Å². The predicted molar refractivity (Wildman–Crippen MR) is 125 cm³/mol. The van der Waals surface area contributed by atoms with E-state index in [1.807, 2.05) is 0 Å². The van der Waals surface area contributed by atoms with E-state index in [9.17, 15) is 24.3 Å². The number of aromatic nitrogens is 1. The molecule has 3 fully saturated rings. The van der Waals surface area contributed by atoms with Crippen LogP contribution in [0.2, 0.25) is 0 Å². The van der Waals surface area contributed by atoms with Crippen molar-refractivity contribution < 1.29 is 63.4 Å². The number of nitrogens with two attached hydrogens (primary N) is 1. The van der Waals surface area contributed by atoms with E-state index < -0.39 is 40.0 Å². The van der Waals surface area contributed by atoms with Crippen LogP contribution in [0.4, 0.5) is 5.13 Å². The quantitative estimate of drug-likeness (QED) is 0.114. The summed E-state index contributed by atoms with van der Waals surface area (Å²) in [7, 11) is 1.36. The van der Waals surface area contributed by atoms with Gasteiger partial charge >= 0.3 is 35.5 Å². The first kappa shape index (κ1) is 28.7. The van der Waals surface area contributed by atoms with Gasteiger partial charge in [0, 0.05) is 10.1 Å². The van der Waals surface area contributed by atoms with Gasteiger partial charge in [0.15, 0.2) is 10.8 Å². The smallest absolute Gasteiger partial charge is 0.548 e. The molecule has 1 aromatic heterocycles. The zero-order valence-electron chi connectivity index (χ0n) is 20.4. The number of oxime groups is 1. The summed E-state index contributed by atoms with van der Waals surface area (Å²) in [5.74, 6) is -2.96. The summed E-state index contributed by atoms with van der Waals surface area (Å²) >= 11 is 2.41. The maximum absolute atomic E-state index is 13.2. The van der Waals surface area contributed by atoms with Gasteiger partial charge in [0.2, 0.25) is 5.91 Å². The molecule has 1 saturated carbocycles. The number of nitrogens with one attached hydrogen (secondary N) is 1. The zero-order chi connectivity index (χ0) is 25.5. The number of thioether (sulfide) groups is 1. The van der Waals surface area contributed by atoms with Crippen LogP contribution >= 0.6 is 23.1 Å². The topological polar surface area (TPSA) is 176 Å². The van der Waals surface area contributed by atoms with Crippen molar-refractivity contribution in [3.8, 4) is 0 Å². The van der Waals surface area contributed by atoms with E-state index in [1.54, 1.807) is 19.2 Å². The van der Waals surface area contributed by atoms with E-state index in [0.717, 1.165) is 11.3 Å². The van der Waals surface area contributed by atoms with Gasteiger partial charge in [-0.3, -0.25) is 14.4 Å². The SMILES string of the molecule is COC(=O)C1CCC(O/N=C(\C(=O)N[C@H]2C(=O)N3[C@@H]2SC(C)(C)[C@@H]3C(=O)[O-])c2csc(N)n2)CC1.[Na+]. The molecule has 36 heavy (non-hydrogen) atoms. The minimum Gasteiger partial charge on any atom is -0.548 e. The van der Waals surface area contributed by atoms with Crippen LogP contribution in [-0.4, -0.2) is 74.8 Å². The van der Waals surface area contributed by atoms with Crippen molar-refractivity contribution in [2.24, 2.45) is 11.1 Å². The van der Waals surface area contributed by atoms with Gasteiger partial charge in [-0.25, -0.2) is 4.98 Å². The Labute approximate surface area is 238 Å². The third-order valence-corrected chi connectivity index (χ3v) is 8.68. The number of thiazole rings is 1. The second kappa shape index (κ2) is 11.3. The first-order chi connectivity index (χ1) is 16.5. The van der Waals surface area contributed by atoms with Gasteiger partial charge in [0.05, 0.1) is 25.0 Å². The Bertz CT molecular complexity index is 1070. The third kappa shape index (κ3) is 5.52. The maximum atomic E-state index is 13.2. The first-order valence-corrected chi connectivity index (χ1v) is 12.8. The molecule has 2 aliphatic heterocycles. The van der Waals surface area contributed by atoms with Crippen LogP contribution in [0.5, 0.6) is 0 Å². The molecule has 3 aliphatic rings. The summed E-state index contributed by atoms with van der Waals surface area (Å²) in [4.78, 5) is 60.2. The molecule has 3 atom stereocenters. The molecule has 4 rings (SSSR count). The fraction of sp³-hybridized carbons (Fsp3) is 0.619. The Hall–Kier alpha value is -1.87. The summed E-state index contributed by atoms with van der Waals surface area (Å²) in [6.07, 6.45) is 1.99. The Morgan fingerprint density at radius 1 is 1.28 bits per heavy atom. The van der Waals surface area contributed by atoms with Gasteiger partial charge in [0.1, 0.15) is 23.2 Å². The van der Waals surface area contributed by atoms with Crippen molar-refractivity contribution in [3.63, 3.8) is 0 Å². The monoisotopic (exact) mass is 547 g/mol. The van der Waals surface area contributed by atoms with Gasteiger partial charge in [0.25, 0.3) is 5.91 Å². The van der Waals surface area contributed by atoms with Crippen LogP contribution in [0.15, 0.2) is 10.5 Å². The predicted octanol–water partition coefficient (Wildman–Crippen LogP) is -3.52. The average molecular weight is 548 g/mol. The number of hydrogen-bond acceptors (Lipinski definition) is 12. The number of anilines is 1. The second-order valence-electron chi connectivity index (χ2n) is 9.14. The molecule has 0 bridgehead atoms. The number of ether oxygens (including phenoxy) is 1. The number of nitrogens with zero attached hydrogens (tertiary/aromatic N) is 3. The van der Waals surface area contributed by atoms with Crippen molar-refractivity contribution in [2.75, 3.05) is 12.8 Å². The molecule has 0 radical (unpaired) electrons. The number of carboxylic acids is 1. The van der Waals surface area contributed by atoms with E-state index in [-0.39, 0.29) is 64.1 Å². The number of β-lactam (4-membered cyclic amide) rings is 1. The van der Waals surface area contributed by atoms with Gasteiger partial charge in [-0.1, -0.05) is 5.16 Å². The number of methoxy groups -OCH3 is 1. The number of rotatable bonds is 7. The third-order valence-electron chi connectivity index (χ3n) is 6.43. The summed E-state index contributed by atoms with van der Waals surface area (Å²) in [6.45, 7) is 3.44. The molecule has 1 aliphatic carbocycles. The van der Waals surface area contributed by atoms with Crippen molar-refractivity contribution in [3.05, 3.63) is 11.1 Å². The maximum Gasteiger partial charge on any atom is 1.00 e. The molecular weight excluding hydrogens is 521 g/mol. The molecule has 1 aromatic rings. The first-order valence-electron chi connectivity index (χ1n) is 11.1. The molecule has 3 N–H and O–H groups in total. The number of aliphatic carboxylic acids is 1. The molecule has 15 heteroatoms.